The highest BCUT2D eigenvalue weighted by molar-refractivity contribution is 5.83. The highest BCUT2D eigenvalue weighted by atomic mass is 16.4. The number of carbonyl (C=O) groups is 1. The molecule has 0 aliphatic rings. The number of hydrogen-bond donors (Lipinski definition) is 2. The lowest BCUT2D eigenvalue weighted by molar-refractivity contribution is -0.141. The predicted molar refractivity (Wildman–Crippen MR) is 55.7 cm³/mol. The number of benzene rings is 1. The third kappa shape index (κ3) is 1.59. The van der Waals surface area contributed by atoms with Crippen LogP contribution in [0.3, 0.4) is 0 Å². The Hall–Kier alpha value is -1.81. The maximum atomic E-state index is 10.9. The van der Waals surface area contributed by atoms with Gasteiger partial charge in [-0.3, -0.25) is 0 Å². The van der Waals surface area contributed by atoms with E-state index in [1.165, 1.54) is 0 Å². The minimum absolute atomic E-state index is 0.409. The van der Waals surface area contributed by atoms with E-state index >= 15 is 0 Å². The second-order valence-corrected chi connectivity index (χ2v) is 3.32. The van der Waals surface area contributed by atoms with E-state index in [9.17, 15) is 4.79 Å². The highest BCUT2D eigenvalue weighted by Crippen LogP contribution is 2.19. The molecular formula is C11H11NO3. The smallest absolute Gasteiger partial charge is 0.329 e. The monoisotopic (exact) mass is 205 g/mol. The number of hydrogen-bond acceptors (Lipinski definition) is 2. The summed E-state index contributed by atoms with van der Waals surface area (Å²) < 4.78 is 1.57. The molecule has 0 bridgehead atoms. The summed E-state index contributed by atoms with van der Waals surface area (Å²) in [7, 11) is 0. The third-order valence-electron chi connectivity index (χ3n) is 2.42. The lowest BCUT2D eigenvalue weighted by Crippen LogP contribution is -2.21. The van der Waals surface area contributed by atoms with Crippen molar-refractivity contribution >= 4 is 16.9 Å². The van der Waals surface area contributed by atoms with E-state index in [-0.39, 0.29) is 0 Å². The summed E-state index contributed by atoms with van der Waals surface area (Å²) in [5.41, 5.74) is 0.818. The van der Waals surface area contributed by atoms with Crippen molar-refractivity contribution in [2.45, 2.75) is 6.04 Å². The van der Waals surface area contributed by atoms with Gasteiger partial charge in [-0.1, -0.05) is 18.2 Å². The van der Waals surface area contributed by atoms with Gasteiger partial charge < -0.3 is 14.8 Å². The number of carboxylic acid groups (broad SMARTS) is 1. The van der Waals surface area contributed by atoms with Gasteiger partial charge >= 0.3 is 5.97 Å². The van der Waals surface area contributed by atoms with E-state index < -0.39 is 18.6 Å². The molecule has 1 unspecified atom stereocenters. The first kappa shape index (κ1) is 9.73. The lowest BCUT2D eigenvalue weighted by Gasteiger charge is -2.12. The number of nitrogens with zero attached hydrogens (tertiary/aromatic N) is 1. The molecular weight excluding hydrogens is 194 g/mol. The molecule has 0 aliphatic carbocycles. The number of para-hydroxylation sites is 1. The van der Waals surface area contributed by atoms with E-state index in [4.69, 9.17) is 10.2 Å². The molecule has 0 saturated heterocycles. The molecule has 0 aliphatic heterocycles. The second-order valence-electron chi connectivity index (χ2n) is 3.32. The minimum atomic E-state index is -1.03. The van der Waals surface area contributed by atoms with Crippen molar-refractivity contribution in [3.05, 3.63) is 36.5 Å². The first-order valence-corrected chi connectivity index (χ1v) is 4.63. The van der Waals surface area contributed by atoms with Crippen molar-refractivity contribution in [3.8, 4) is 0 Å². The van der Waals surface area contributed by atoms with Gasteiger partial charge in [0, 0.05) is 11.7 Å². The molecule has 0 saturated carbocycles. The molecule has 0 radical (unpaired) electrons. The highest BCUT2D eigenvalue weighted by Gasteiger charge is 2.19. The maximum absolute atomic E-state index is 10.9. The van der Waals surface area contributed by atoms with Crippen LogP contribution in [-0.2, 0) is 4.79 Å². The molecule has 15 heavy (non-hydrogen) atoms. The topological polar surface area (TPSA) is 62.5 Å². The average molecular weight is 205 g/mol. The largest absolute Gasteiger partial charge is 0.480 e. The Morgan fingerprint density at radius 1 is 1.33 bits per heavy atom. The summed E-state index contributed by atoms with van der Waals surface area (Å²) >= 11 is 0. The molecule has 0 amide bonds. The average Bonchev–Trinajstić information content (AvgIpc) is 2.63. The maximum Gasteiger partial charge on any atom is 0.329 e. The van der Waals surface area contributed by atoms with E-state index in [0.717, 1.165) is 10.9 Å². The molecule has 2 aromatic rings. The number of carboxylic acids is 1. The normalized spacial score (nSPS) is 12.9. The van der Waals surface area contributed by atoms with Gasteiger partial charge in [0.05, 0.1) is 6.61 Å². The number of aliphatic carboxylic acids is 1. The van der Waals surface area contributed by atoms with Crippen LogP contribution in [0.15, 0.2) is 36.5 Å². The first-order chi connectivity index (χ1) is 7.24. The molecule has 0 spiro atoms. The minimum Gasteiger partial charge on any atom is -0.480 e. The van der Waals surface area contributed by atoms with Gasteiger partial charge in [0.25, 0.3) is 0 Å². The molecule has 1 heterocycles. The van der Waals surface area contributed by atoms with Crippen molar-refractivity contribution in [2.24, 2.45) is 0 Å². The number of aliphatic hydroxyl groups is 1. The quantitative estimate of drug-likeness (QED) is 0.792. The van der Waals surface area contributed by atoms with Gasteiger partial charge in [0.2, 0.25) is 0 Å². The van der Waals surface area contributed by atoms with Crippen LogP contribution in [0.1, 0.15) is 6.04 Å². The Bertz CT molecular complexity index is 489. The second kappa shape index (κ2) is 3.74. The van der Waals surface area contributed by atoms with Crippen molar-refractivity contribution in [1.82, 2.24) is 4.57 Å². The number of aromatic nitrogens is 1. The Balaban J connectivity index is 2.55. The SMILES string of the molecule is O=C(O)C(CO)n1ccc2ccccc21. The fraction of sp³-hybridized carbons (Fsp3) is 0.182. The summed E-state index contributed by atoms with van der Waals surface area (Å²) in [4.78, 5) is 10.9. The molecule has 4 nitrogen and oxygen atoms in total. The Labute approximate surface area is 86.4 Å². The fourth-order valence-corrected chi connectivity index (χ4v) is 1.66. The molecule has 2 rings (SSSR count). The predicted octanol–water partition coefficient (Wildman–Crippen LogP) is 1.26. The third-order valence-corrected chi connectivity index (χ3v) is 2.42. The number of rotatable bonds is 3. The van der Waals surface area contributed by atoms with Crippen LogP contribution in [0, 0.1) is 0 Å². The van der Waals surface area contributed by atoms with Crippen LogP contribution in [0.2, 0.25) is 0 Å². The van der Waals surface area contributed by atoms with Crippen molar-refractivity contribution in [3.63, 3.8) is 0 Å². The van der Waals surface area contributed by atoms with E-state index in [1.807, 2.05) is 30.3 Å². The molecule has 0 fully saturated rings. The summed E-state index contributed by atoms with van der Waals surface area (Å²) in [6.07, 6.45) is 1.68. The molecule has 4 heteroatoms. The van der Waals surface area contributed by atoms with E-state index in [2.05, 4.69) is 0 Å². The Kier molecular flexibility index (Phi) is 2.43. The fourth-order valence-electron chi connectivity index (χ4n) is 1.66. The van der Waals surface area contributed by atoms with Gasteiger partial charge in [-0.05, 0) is 17.5 Å². The van der Waals surface area contributed by atoms with Gasteiger partial charge in [-0.25, -0.2) is 4.79 Å². The van der Waals surface area contributed by atoms with Crippen LogP contribution >= 0.6 is 0 Å². The van der Waals surface area contributed by atoms with E-state index in [0.29, 0.717) is 0 Å². The zero-order chi connectivity index (χ0) is 10.8. The van der Waals surface area contributed by atoms with Crippen molar-refractivity contribution in [2.75, 3.05) is 6.61 Å². The first-order valence-electron chi connectivity index (χ1n) is 4.63. The molecule has 1 aromatic carbocycles. The van der Waals surface area contributed by atoms with Crippen LogP contribution in [0.5, 0.6) is 0 Å². The molecule has 78 valence electrons. The zero-order valence-corrected chi connectivity index (χ0v) is 8.00. The van der Waals surface area contributed by atoms with Gasteiger partial charge in [0.1, 0.15) is 0 Å². The van der Waals surface area contributed by atoms with Gasteiger partial charge in [0.15, 0.2) is 6.04 Å². The summed E-state index contributed by atoms with van der Waals surface area (Å²) in [6.45, 7) is -0.409. The molecule has 1 aromatic heterocycles. The Morgan fingerprint density at radius 2 is 2.07 bits per heavy atom. The van der Waals surface area contributed by atoms with Crippen LogP contribution in [-0.4, -0.2) is 27.4 Å². The van der Waals surface area contributed by atoms with Crippen LogP contribution in [0.4, 0.5) is 0 Å². The van der Waals surface area contributed by atoms with Crippen molar-refractivity contribution < 1.29 is 15.0 Å². The standard InChI is InChI=1S/C11H11NO3/c13-7-10(11(14)15)12-6-5-8-3-1-2-4-9(8)12/h1-6,10,13H,7H2,(H,14,15). The molecule has 2 N–H and O–H groups in total. The summed E-state index contributed by atoms with van der Waals surface area (Å²) in [5.74, 6) is -1.03. The van der Waals surface area contributed by atoms with Gasteiger partial charge in [-0.15, -0.1) is 0 Å². The van der Waals surface area contributed by atoms with Crippen LogP contribution < -0.4 is 0 Å². The van der Waals surface area contributed by atoms with Crippen LogP contribution in [0.25, 0.3) is 10.9 Å². The Morgan fingerprint density at radius 3 is 2.73 bits per heavy atom. The molecule has 1 atom stereocenters. The van der Waals surface area contributed by atoms with Gasteiger partial charge in [-0.2, -0.15) is 0 Å². The van der Waals surface area contributed by atoms with Crippen molar-refractivity contribution in [1.29, 1.82) is 0 Å². The number of fused-ring (bicyclic) bond motifs is 1. The summed E-state index contributed by atoms with van der Waals surface area (Å²) in [6, 6.07) is 8.39. The number of aliphatic hydroxyl groups excluding tert-OH is 1. The lowest BCUT2D eigenvalue weighted by atomic mass is 10.2. The van der Waals surface area contributed by atoms with E-state index in [1.54, 1.807) is 10.8 Å². The zero-order valence-electron chi connectivity index (χ0n) is 8.00. The summed E-state index contributed by atoms with van der Waals surface area (Å²) in [5, 5.41) is 18.9.